The molecule has 0 aromatic heterocycles. The maximum Gasteiger partial charge on any atom is 0.247 e. The number of piperazine rings is 1. The number of hydrogen-bond donors (Lipinski definition) is 2. The van der Waals surface area contributed by atoms with Crippen LogP contribution in [-0.2, 0) is 37.4 Å². The van der Waals surface area contributed by atoms with Crippen LogP contribution < -0.4 is 11.1 Å². The van der Waals surface area contributed by atoms with Gasteiger partial charge in [-0.05, 0) is 37.8 Å². The Balaban J connectivity index is 1.53. The van der Waals surface area contributed by atoms with Gasteiger partial charge in [-0.1, -0.05) is 60.7 Å². The van der Waals surface area contributed by atoms with Gasteiger partial charge in [-0.15, -0.1) is 0 Å². The van der Waals surface area contributed by atoms with Crippen LogP contribution in [0.25, 0.3) is 0 Å². The summed E-state index contributed by atoms with van der Waals surface area (Å²) in [7, 11) is -3.39. The van der Waals surface area contributed by atoms with Crippen LogP contribution in [0.1, 0.15) is 31.4 Å². The highest BCUT2D eigenvalue weighted by atomic mass is 32.2. The monoisotopic (exact) mass is 528 g/mol. The van der Waals surface area contributed by atoms with Gasteiger partial charge >= 0.3 is 0 Å². The van der Waals surface area contributed by atoms with Crippen molar-refractivity contribution in [2.45, 2.75) is 50.4 Å². The molecule has 0 bridgehead atoms. The van der Waals surface area contributed by atoms with Crippen molar-refractivity contribution in [2.24, 2.45) is 5.73 Å². The molecule has 10 heteroatoms. The molecule has 3 N–H and O–H groups in total. The third-order valence-corrected chi connectivity index (χ3v) is 8.98. The van der Waals surface area contributed by atoms with Gasteiger partial charge in [-0.2, -0.15) is 4.31 Å². The van der Waals surface area contributed by atoms with Gasteiger partial charge in [0.05, 0.1) is 30.0 Å². The van der Waals surface area contributed by atoms with Crippen molar-refractivity contribution in [1.82, 2.24) is 14.5 Å². The van der Waals surface area contributed by atoms with Crippen LogP contribution in [0.5, 0.6) is 0 Å². The maximum atomic E-state index is 13.8. The SMILES string of the molecule is CC(C)(N)C(=O)NC(COCc1ccccc1)C(=O)N1CCN2C(Cc3ccccc3)(CCS2(=O)=O)C1. The Labute approximate surface area is 219 Å². The lowest BCUT2D eigenvalue weighted by molar-refractivity contribution is -0.142. The topological polar surface area (TPSA) is 122 Å². The van der Waals surface area contributed by atoms with Crippen molar-refractivity contribution in [3.05, 3.63) is 71.8 Å². The fourth-order valence-corrected chi connectivity index (χ4v) is 7.06. The Hall–Kier alpha value is -2.79. The highest BCUT2D eigenvalue weighted by molar-refractivity contribution is 7.89. The van der Waals surface area contributed by atoms with Gasteiger partial charge in [0.2, 0.25) is 21.8 Å². The number of carbonyl (C=O) groups is 2. The lowest BCUT2D eigenvalue weighted by Gasteiger charge is -2.46. The predicted octanol–water partition coefficient (Wildman–Crippen LogP) is 1.28. The summed E-state index contributed by atoms with van der Waals surface area (Å²) in [6.45, 7) is 4.12. The first-order valence-corrected chi connectivity index (χ1v) is 14.2. The number of carbonyl (C=O) groups excluding carboxylic acids is 2. The molecule has 0 saturated carbocycles. The summed E-state index contributed by atoms with van der Waals surface area (Å²) in [6, 6.07) is 18.3. The molecule has 0 radical (unpaired) electrons. The van der Waals surface area contributed by atoms with Crippen molar-refractivity contribution < 1.29 is 22.7 Å². The first-order valence-electron chi connectivity index (χ1n) is 12.5. The molecule has 2 aliphatic heterocycles. The summed E-state index contributed by atoms with van der Waals surface area (Å²) in [4.78, 5) is 28.2. The minimum atomic E-state index is -3.39. The van der Waals surface area contributed by atoms with Gasteiger partial charge in [0.25, 0.3) is 0 Å². The van der Waals surface area contributed by atoms with E-state index in [0.717, 1.165) is 11.1 Å². The van der Waals surface area contributed by atoms with E-state index in [1.165, 1.54) is 0 Å². The summed E-state index contributed by atoms with van der Waals surface area (Å²) >= 11 is 0. The third-order valence-electron chi connectivity index (χ3n) is 7.02. The zero-order chi connectivity index (χ0) is 26.7. The van der Waals surface area contributed by atoms with E-state index in [1.54, 1.807) is 23.1 Å². The minimum absolute atomic E-state index is 0.0280. The van der Waals surface area contributed by atoms with Crippen molar-refractivity contribution in [3.8, 4) is 0 Å². The number of nitrogens with two attached hydrogens (primary N) is 1. The molecule has 2 saturated heterocycles. The van der Waals surface area contributed by atoms with Crippen LogP contribution in [0.15, 0.2) is 60.7 Å². The molecule has 2 aliphatic rings. The average molecular weight is 529 g/mol. The number of hydrogen-bond acceptors (Lipinski definition) is 6. The lowest BCUT2D eigenvalue weighted by Crippen LogP contribution is -2.65. The fourth-order valence-electron chi connectivity index (χ4n) is 5.03. The Morgan fingerprint density at radius 2 is 1.68 bits per heavy atom. The van der Waals surface area contributed by atoms with Crippen LogP contribution >= 0.6 is 0 Å². The van der Waals surface area contributed by atoms with E-state index >= 15 is 0 Å². The molecule has 200 valence electrons. The molecular formula is C27H36N4O5S. The fraction of sp³-hybridized carbons (Fsp3) is 0.481. The molecule has 37 heavy (non-hydrogen) atoms. The molecule has 2 heterocycles. The second kappa shape index (κ2) is 10.9. The highest BCUT2D eigenvalue weighted by Crippen LogP contribution is 2.38. The molecule has 0 aliphatic carbocycles. The van der Waals surface area contributed by atoms with E-state index < -0.39 is 33.1 Å². The molecule has 2 unspecified atom stereocenters. The Morgan fingerprint density at radius 1 is 1.05 bits per heavy atom. The molecule has 2 atom stereocenters. The van der Waals surface area contributed by atoms with E-state index in [2.05, 4.69) is 5.32 Å². The zero-order valence-corrected chi connectivity index (χ0v) is 22.2. The van der Waals surface area contributed by atoms with Gasteiger partial charge in [-0.3, -0.25) is 9.59 Å². The van der Waals surface area contributed by atoms with Crippen LogP contribution in [0.3, 0.4) is 0 Å². The largest absolute Gasteiger partial charge is 0.374 e. The van der Waals surface area contributed by atoms with Gasteiger partial charge in [0.15, 0.2) is 0 Å². The number of amides is 2. The van der Waals surface area contributed by atoms with E-state index in [-0.39, 0.29) is 44.5 Å². The quantitative estimate of drug-likeness (QED) is 0.506. The summed E-state index contributed by atoms with van der Waals surface area (Å²) in [6.07, 6.45) is 0.944. The average Bonchev–Trinajstić information content (AvgIpc) is 3.13. The van der Waals surface area contributed by atoms with Crippen LogP contribution in [0, 0.1) is 0 Å². The molecule has 2 aromatic rings. The van der Waals surface area contributed by atoms with E-state index in [0.29, 0.717) is 12.8 Å². The van der Waals surface area contributed by atoms with Gasteiger partial charge < -0.3 is 20.7 Å². The standard InChI is InChI=1S/C27H36N4O5S/c1-26(2,28)25(33)29-23(19-36-18-22-11-7-4-8-12-22)24(32)30-14-15-31-27(20-30,13-16-37(31,34)35)17-21-9-5-3-6-10-21/h3-12,23H,13-20,28H2,1-2H3,(H,29,33). The minimum Gasteiger partial charge on any atom is -0.374 e. The molecule has 2 fully saturated rings. The normalized spacial score (nSPS) is 22.3. The second-order valence-electron chi connectivity index (χ2n) is 10.5. The first kappa shape index (κ1) is 27.3. The molecule has 0 spiro atoms. The van der Waals surface area contributed by atoms with Crippen molar-refractivity contribution in [3.63, 3.8) is 0 Å². The van der Waals surface area contributed by atoms with Crippen molar-refractivity contribution in [1.29, 1.82) is 0 Å². The highest BCUT2D eigenvalue weighted by Gasteiger charge is 2.53. The predicted molar refractivity (Wildman–Crippen MR) is 141 cm³/mol. The number of nitrogens with zero attached hydrogens (tertiary/aromatic N) is 2. The number of nitrogens with one attached hydrogen (secondary N) is 1. The van der Waals surface area contributed by atoms with Crippen molar-refractivity contribution in [2.75, 3.05) is 32.0 Å². The molecule has 2 aromatic carbocycles. The zero-order valence-electron chi connectivity index (χ0n) is 21.4. The summed E-state index contributed by atoms with van der Waals surface area (Å²) in [5.74, 6) is -0.707. The van der Waals surface area contributed by atoms with Crippen LogP contribution in [0.4, 0.5) is 0 Å². The summed E-state index contributed by atoms with van der Waals surface area (Å²) < 4.78 is 33.2. The smallest absolute Gasteiger partial charge is 0.247 e. The number of fused-ring (bicyclic) bond motifs is 1. The van der Waals surface area contributed by atoms with E-state index in [1.807, 2.05) is 60.7 Å². The third kappa shape index (κ3) is 6.38. The van der Waals surface area contributed by atoms with E-state index in [4.69, 9.17) is 10.5 Å². The van der Waals surface area contributed by atoms with Crippen LogP contribution in [0.2, 0.25) is 0 Å². The van der Waals surface area contributed by atoms with Gasteiger partial charge in [-0.25, -0.2) is 8.42 Å². The molecule has 9 nitrogen and oxygen atoms in total. The molecular weight excluding hydrogens is 492 g/mol. The first-order chi connectivity index (χ1) is 17.5. The van der Waals surface area contributed by atoms with Gasteiger partial charge in [0.1, 0.15) is 6.04 Å². The Morgan fingerprint density at radius 3 is 2.30 bits per heavy atom. The Kier molecular flexibility index (Phi) is 8.03. The van der Waals surface area contributed by atoms with Crippen molar-refractivity contribution >= 4 is 21.8 Å². The maximum absolute atomic E-state index is 13.8. The van der Waals surface area contributed by atoms with Gasteiger partial charge in [0, 0.05) is 19.6 Å². The number of benzene rings is 2. The Bertz CT molecular complexity index is 1200. The van der Waals surface area contributed by atoms with E-state index in [9.17, 15) is 18.0 Å². The number of sulfonamides is 1. The number of rotatable bonds is 9. The van der Waals surface area contributed by atoms with Crippen LogP contribution in [-0.4, -0.2) is 78.6 Å². The second-order valence-corrected chi connectivity index (χ2v) is 12.5. The summed E-state index contributed by atoms with van der Waals surface area (Å²) in [5, 5.41) is 2.77. The molecule has 4 rings (SSSR count). The summed E-state index contributed by atoms with van der Waals surface area (Å²) in [5.41, 5.74) is 6.05. The molecule has 2 amide bonds. The lowest BCUT2D eigenvalue weighted by atomic mass is 9.86. The number of ether oxygens (including phenoxy) is 1.